The molecule has 18 heavy (non-hydrogen) atoms. The lowest BCUT2D eigenvalue weighted by Crippen LogP contribution is -2.44. The number of halogens is 1. The van der Waals surface area contributed by atoms with E-state index in [-0.39, 0.29) is 16.6 Å². The van der Waals surface area contributed by atoms with Crippen LogP contribution in [-0.4, -0.2) is 36.8 Å². The van der Waals surface area contributed by atoms with E-state index in [1.807, 2.05) is 6.92 Å². The topological polar surface area (TPSA) is 63.4 Å². The summed E-state index contributed by atoms with van der Waals surface area (Å²) in [6, 6.07) is 3.32. The zero-order valence-electron chi connectivity index (χ0n) is 9.97. The van der Waals surface area contributed by atoms with Crippen LogP contribution in [0.2, 0.25) is 0 Å². The SMILES string of the molecule is CC1CSCCN1S(=O)(=O)c1ccc(F)cc1N. The van der Waals surface area contributed by atoms with Crippen LogP contribution in [0.5, 0.6) is 0 Å². The number of rotatable bonds is 2. The molecule has 2 N–H and O–H groups in total. The van der Waals surface area contributed by atoms with Gasteiger partial charge in [-0.25, -0.2) is 12.8 Å². The van der Waals surface area contributed by atoms with Crippen molar-refractivity contribution in [3.63, 3.8) is 0 Å². The Kier molecular flexibility index (Phi) is 3.84. The molecular weight excluding hydrogens is 275 g/mol. The largest absolute Gasteiger partial charge is 0.398 e. The zero-order valence-corrected chi connectivity index (χ0v) is 11.6. The number of benzene rings is 1. The molecule has 0 amide bonds. The van der Waals surface area contributed by atoms with Crippen molar-refractivity contribution < 1.29 is 12.8 Å². The first-order valence-corrected chi connectivity index (χ1v) is 8.17. The van der Waals surface area contributed by atoms with Crippen molar-refractivity contribution in [3.8, 4) is 0 Å². The second-order valence-corrected chi connectivity index (χ2v) is 7.23. The van der Waals surface area contributed by atoms with Gasteiger partial charge in [-0.05, 0) is 25.1 Å². The number of anilines is 1. The van der Waals surface area contributed by atoms with Crippen LogP contribution in [0.1, 0.15) is 6.92 Å². The van der Waals surface area contributed by atoms with Crippen molar-refractivity contribution >= 4 is 27.5 Å². The first-order chi connectivity index (χ1) is 8.43. The fourth-order valence-corrected chi connectivity index (χ4v) is 4.90. The lowest BCUT2D eigenvalue weighted by molar-refractivity contribution is 0.368. The average Bonchev–Trinajstić information content (AvgIpc) is 2.28. The number of hydrogen-bond acceptors (Lipinski definition) is 4. The van der Waals surface area contributed by atoms with Gasteiger partial charge in [-0.1, -0.05) is 0 Å². The first-order valence-electron chi connectivity index (χ1n) is 5.57. The third-order valence-corrected chi connectivity index (χ3v) is 6.14. The van der Waals surface area contributed by atoms with E-state index in [2.05, 4.69) is 0 Å². The molecular formula is C11H15FN2O2S2. The molecule has 1 saturated heterocycles. The molecule has 0 radical (unpaired) electrons. The van der Waals surface area contributed by atoms with E-state index < -0.39 is 15.8 Å². The van der Waals surface area contributed by atoms with Crippen LogP contribution >= 0.6 is 11.8 Å². The molecule has 1 aliphatic rings. The number of nitrogen functional groups attached to an aromatic ring is 1. The third kappa shape index (κ3) is 2.48. The van der Waals surface area contributed by atoms with Gasteiger partial charge in [0.2, 0.25) is 10.0 Å². The summed E-state index contributed by atoms with van der Waals surface area (Å²) in [5.41, 5.74) is 5.57. The summed E-state index contributed by atoms with van der Waals surface area (Å²) in [5, 5.41) is 0. The van der Waals surface area contributed by atoms with Gasteiger partial charge in [-0.2, -0.15) is 16.1 Å². The number of thioether (sulfide) groups is 1. The average molecular weight is 290 g/mol. The molecule has 1 heterocycles. The molecule has 2 rings (SSSR count). The molecule has 1 unspecified atom stereocenters. The number of sulfonamides is 1. The molecule has 0 bridgehead atoms. The van der Waals surface area contributed by atoms with Gasteiger partial charge in [0.05, 0.1) is 5.69 Å². The van der Waals surface area contributed by atoms with Crippen LogP contribution in [0.4, 0.5) is 10.1 Å². The molecule has 1 atom stereocenters. The van der Waals surface area contributed by atoms with E-state index in [1.54, 1.807) is 11.8 Å². The summed E-state index contributed by atoms with van der Waals surface area (Å²) < 4.78 is 39.3. The molecule has 1 aliphatic heterocycles. The molecule has 100 valence electrons. The molecule has 0 aliphatic carbocycles. The second-order valence-electron chi connectivity index (χ2n) is 4.22. The van der Waals surface area contributed by atoms with E-state index in [4.69, 9.17) is 5.73 Å². The van der Waals surface area contributed by atoms with Gasteiger partial charge in [0.15, 0.2) is 0 Å². The summed E-state index contributed by atoms with van der Waals surface area (Å²) in [6.45, 7) is 2.33. The predicted molar refractivity (Wildman–Crippen MR) is 71.5 cm³/mol. The molecule has 1 fully saturated rings. The van der Waals surface area contributed by atoms with Gasteiger partial charge in [-0.3, -0.25) is 0 Å². The minimum atomic E-state index is -3.63. The van der Waals surface area contributed by atoms with Crippen molar-refractivity contribution in [1.82, 2.24) is 4.31 Å². The van der Waals surface area contributed by atoms with Crippen molar-refractivity contribution in [2.24, 2.45) is 0 Å². The maximum atomic E-state index is 13.0. The zero-order chi connectivity index (χ0) is 13.3. The summed E-state index contributed by atoms with van der Waals surface area (Å²) in [4.78, 5) is -0.0114. The lowest BCUT2D eigenvalue weighted by atomic mass is 10.3. The minimum absolute atomic E-state index is 0.0114. The van der Waals surface area contributed by atoms with Crippen LogP contribution in [0, 0.1) is 5.82 Å². The fourth-order valence-electron chi connectivity index (χ4n) is 1.95. The smallest absolute Gasteiger partial charge is 0.245 e. The highest BCUT2D eigenvalue weighted by atomic mass is 32.2. The van der Waals surface area contributed by atoms with Crippen molar-refractivity contribution in [2.45, 2.75) is 17.9 Å². The third-order valence-electron chi connectivity index (χ3n) is 2.87. The molecule has 7 heteroatoms. The summed E-state index contributed by atoms with van der Waals surface area (Å²) >= 11 is 1.73. The molecule has 4 nitrogen and oxygen atoms in total. The Morgan fingerprint density at radius 1 is 1.50 bits per heavy atom. The second kappa shape index (κ2) is 5.07. The Bertz CT molecular complexity index is 548. The summed E-state index contributed by atoms with van der Waals surface area (Å²) in [5.74, 6) is 0.999. The Morgan fingerprint density at radius 3 is 2.83 bits per heavy atom. The lowest BCUT2D eigenvalue weighted by Gasteiger charge is -2.32. The van der Waals surface area contributed by atoms with E-state index in [1.165, 1.54) is 10.4 Å². The Morgan fingerprint density at radius 2 is 2.22 bits per heavy atom. The van der Waals surface area contributed by atoms with Crippen molar-refractivity contribution in [1.29, 1.82) is 0 Å². The summed E-state index contributed by atoms with van der Waals surface area (Å²) in [7, 11) is -3.63. The number of nitrogens with zero attached hydrogens (tertiary/aromatic N) is 1. The van der Waals surface area contributed by atoms with E-state index >= 15 is 0 Å². The normalized spacial score (nSPS) is 22.0. The van der Waals surface area contributed by atoms with Gasteiger partial charge >= 0.3 is 0 Å². The highest BCUT2D eigenvalue weighted by Crippen LogP contribution is 2.27. The van der Waals surface area contributed by atoms with Gasteiger partial charge in [-0.15, -0.1) is 0 Å². The monoisotopic (exact) mass is 290 g/mol. The van der Waals surface area contributed by atoms with Gasteiger partial charge in [0, 0.05) is 24.1 Å². The maximum Gasteiger partial charge on any atom is 0.245 e. The molecule has 0 spiro atoms. The first kappa shape index (κ1) is 13.6. The van der Waals surface area contributed by atoms with Crippen LogP contribution in [0.15, 0.2) is 23.1 Å². The Hall–Kier alpha value is -0.790. The fraction of sp³-hybridized carbons (Fsp3) is 0.455. The number of hydrogen-bond donors (Lipinski definition) is 1. The van der Waals surface area contributed by atoms with Crippen LogP contribution in [-0.2, 0) is 10.0 Å². The highest BCUT2D eigenvalue weighted by Gasteiger charge is 2.32. The van der Waals surface area contributed by atoms with E-state index in [9.17, 15) is 12.8 Å². The molecule has 0 aromatic heterocycles. The van der Waals surface area contributed by atoms with Crippen LogP contribution in [0.25, 0.3) is 0 Å². The van der Waals surface area contributed by atoms with Gasteiger partial charge in [0.1, 0.15) is 10.7 Å². The van der Waals surface area contributed by atoms with E-state index in [0.717, 1.165) is 23.6 Å². The Balaban J connectivity index is 2.41. The Labute approximate surface area is 110 Å². The van der Waals surface area contributed by atoms with Crippen LogP contribution < -0.4 is 5.73 Å². The molecule has 0 saturated carbocycles. The van der Waals surface area contributed by atoms with Crippen molar-refractivity contribution in [3.05, 3.63) is 24.0 Å². The maximum absolute atomic E-state index is 13.0. The summed E-state index contributed by atoms with van der Waals surface area (Å²) in [6.07, 6.45) is 0. The number of nitrogens with two attached hydrogens (primary N) is 1. The molecule has 1 aromatic rings. The predicted octanol–water partition coefficient (Wildman–Crippen LogP) is 1.53. The molecule has 1 aromatic carbocycles. The quantitative estimate of drug-likeness (QED) is 0.839. The van der Waals surface area contributed by atoms with Crippen molar-refractivity contribution in [2.75, 3.05) is 23.8 Å². The van der Waals surface area contributed by atoms with E-state index in [0.29, 0.717) is 6.54 Å². The minimum Gasteiger partial charge on any atom is -0.398 e. The van der Waals surface area contributed by atoms with Crippen LogP contribution in [0.3, 0.4) is 0 Å². The van der Waals surface area contributed by atoms with Gasteiger partial charge < -0.3 is 5.73 Å². The van der Waals surface area contributed by atoms with Gasteiger partial charge in [0.25, 0.3) is 0 Å². The highest BCUT2D eigenvalue weighted by molar-refractivity contribution is 7.99. The standard InChI is InChI=1S/C11H15FN2O2S2/c1-8-7-17-5-4-14(8)18(15,16)11-3-2-9(12)6-10(11)13/h2-3,6,8H,4-5,7,13H2,1H3.